The molecular formula is C23H26N2O3S. The van der Waals surface area contributed by atoms with E-state index in [1.165, 1.54) is 11.3 Å². The number of thiazole rings is 1. The molecule has 5 nitrogen and oxygen atoms in total. The molecule has 0 saturated heterocycles. The highest BCUT2D eigenvalue weighted by Crippen LogP contribution is 2.26. The maximum absolute atomic E-state index is 12.2. The van der Waals surface area contributed by atoms with Crippen molar-refractivity contribution in [3.8, 4) is 22.1 Å². The van der Waals surface area contributed by atoms with E-state index in [9.17, 15) is 4.79 Å². The van der Waals surface area contributed by atoms with Gasteiger partial charge in [-0.15, -0.1) is 11.3 Å². The van der Waals surface area contributed by atoms with Crippen molar-refractivity contribution in [2.75, 3.05) is 13.7 Å². The van der Waals surface area contributed by atoms with Crippen molar-refractivity contribution in [2.45, 2.75) is 26.9 Å². The average Bonchev–Trinajstić information content (AvgIpc) is 3.23. The maximum Gasteiger partial charge on any atom is 0.270 e. The lowest BCUT2D eigenvalue weighted by Gasteiger charge is -2.08. The molecule has 0 aliphatic heterocycles. The lowest BCUT2D eigenvalue weighted by atomic mass is 10.1. The number of ether oxygens (including phenoxy) is 2. The second kappa shape index (κ2) is 10.1. The third-order valence-corrected chi connectivity index (χ3v) is 5.28. The first kappa shape index (κ1) is 20.9. The molecular weight excluding hydrogens is 384 g/mol. The molecule has 0 saturated carbocycles. The molecule has 2 aromatic carbocycles. The Bertz CT molecular complexity index is 935. The fraction of sp³-hybridized carbons (Fsp3) is 0.304. The van der Waals surface area contributed by atoms with Crippen molar-refractivity contribution in [2.24, 2.45) is 5.92 Å². The topological polar surface area (TPSA) is 60.5 Å². The van der Waals surface area contributed by atoms with Gasteiger partial charge in [0.05, 0.1) is 7.11 Å². The van der Waals surface area contributed by atoms with Crippen molar-refractivity contribution < 1.29 is 14.3 Å². The number of hydrogen-bond acceptors (Lipinski definition) is 5. The number of nitrogens with zero attached hydrogens (tertiary/aromatic N) is 1. The van der Waals surface area contributed by atoms with Crippen molar-refractivity contribution in [1.29, 1.82) is 0 Å². The number of amides is 1. The summed E-state index contributed by atoms with van der Waals surface area (Å²) in [7, 11) is 1.65. The van der Waals surface area contributed by atoms with Gasteiger partial charge in [0, 0.05) is 17.5 Å². The minimum atomic E-state index is -0.119. The van der Waals surface area contributed by atoms with Crippen LogP contribution in [-0.4, -0.2) is 24.5 Å². The summed E-state index contributed by atoms with van der Waals surface area (Å²) in [5, 5.41) is 5.54. The van der Waals surface area contributed by atoms with Gasteiger partial charge in [0.2, 0.25) is 0 Å². The number of methoxy groups -OCH3 is 1. The summed E-state index contributed by atoms with van der Waals surface area (Å²) in [5.41, 5.74) is 2.47. The van der Waals surface area contributed by atoms with Gasteiger partial charge in [0.1, 0.15) is 28.8 Å². The zero-order valence-corrected chi connectivity index (χ0v) is 17.8. The Hall–Kier alpha value is -2.86. The molecule has 0 bridgehead atoms. The van der Waals surface area contributed by atoms with Crippen LogP contribution in [0.25, 0.3) is 10.6 Å². The lowest BCUT2D eigenvalue weighted by molar-refractivity contribution is 0.0948. The van der Waals surface area contributed by atoms with Crippen LogP contribution < -0.4 is 14.8 Å². The van der Waals surface area contributed by atoms with Gasteiger partial charge in [-0.05, 0) is 54.3 Å². The Balaban J connectivity index is 1.57. The molecule has 3 rings (SSSR count). The standard InChI is InChI=1S/C23H26N2O3S/c1-16(2)11-12-24-22(26)21-15-29-23(25-21)18-7-9-19(10-8-18)28-14-17-5-4-6-20(13-17)27-3/h4-10,13,15-16H,11-12,14H2,1-3H3,(H,24,26). The Kier molecular flexibility index (Phi) is 7.25. The molecule has 0 fully saturated rings. The van der Waals surface area contributed by atoms with Crippen LogP contribution in [0.2, 0.25) is 0 Å². The Morgan fingerprint density at radius 2 is 1.93 bits per heavy atom. The van der Waals surface area contributed by atoms with Gasteiger partial charge in [-0.2, -0.15) is 0 Å². The summed E-state index contributed by atoms with van der Waals surface area (Å²) in [6.45, 7) is 5.41. The normalized spacial score (nSPS) is 10.8. The zero-order chi connectivity index (χ0) is 20.6. The summed E-state index contributed by atoms with van der Waals surface area (Å²) in [6, 6.07) is 15.6. The van der Waals surface area contributed by atoms with Crippen LogP contribution in [0, 0.1) is 5.92 Å². The van der Waals surface area contributed by atoms with E-state index in [2.05, 4.69) is 24.1 Å². The number of carbonyl (C=O) groups excluding carboxylic acids is 1. The van der Waals surface area contributed by atoms with Crippen LogP contribution in [0.4, 0.5) is 0 Å². The highest BCUT2D eigenvalue weighted by atomic mass is 32.1. The van der Waals surface area contributed by atoms with Crippen molar-refractivity contribution in [1.82, 2.24) is 10.3 Å². The summed E-state index contributed by atoms with van der Waals surface area (Å²) in [6.07, 6.45) is 0.958. The van der Waals surface area contributed by atoms with E-state index in [1.54, 1.807) is 12.5 Å². The summed E-state index contributed by atoms with van der Waals surface area (Å²) in [4.78, 5) is 16.7. The van der Waals surface area contributed by atoms with Gasteiger partial charge in [-0.1, -0.05) is 26.0 Å². The first-order valence-electron chi connectivity index (χ1n) is 9.65. The third kappa shape index (κ3) is 6.06. The van der Waals surface area contributed by atoms with Crippen molar-refractivity contribution >= 4 is 17.2 Å². The second-order valence-electron chi connectivity index (χ2n) is 7.14. The molecule has 1 heterocycles. The van der Waals surface area contributed by atoms with E-state index >= 15 is 0 Å². The summed E-state index contributed by atoms with van der Waals surface area (Å²) in [5.74, 6) is 2.03. The quantitative estimate of drug-likeness (QED) is 0.528. The highest BCUT2D eigenvalue weighted by molar-refractivity contribution is 7.13. The maximum atomic E-state index is 12.2. The van der Waals surface area contributed by atoms with E-state index in [-0.39, 0.29) is 5.91 Å². The van der Waals surface area contributed by atoms with Gasteiger partial charge in [-0.3, -0.25) is 4.79 Å². The highest BCUT2D eigenvalue weighted by Gasteiger charge is 2.12. The van der Waals surface area contributed by atoms with Crippen LogP contribution in [0.15, 0.2) is 53.9 Å². The van der Waals surface area contributed by atoms with Gasteiger partial charge in [0.15, 0.2) is 0 Å². The zero-order valence-electron chi connectivity index (χ0n) is 17.0. The fourth-order valence-corrected chi connectivity index (χ4v) is 3.50. The summed E-state index contributed by atoms with van der Waals surface area (Å²) >= 11 is 1.46. The third-order valence-electron chi connectivity index (χ3n) is 4.38. The summed E-state index contributed by atoms with van der Waals surface area (Å²) < 4.78 is 11.1. The molecule has 0 spiro atoms. The number of hydrogen-bond donors (Lipinski definition) is 1. The SMILES string of the molecule is COc1cccc(COc2ccc(-c3nc(C(=O)NCCC(C)C)cs3)cc2)c1. The van der Waals surface area contributed by atoms with E-state index in [0.717, 1.165) is 34.1 Å². The van der Waals surface area contributed by atoms with Crippen molar-refractivity contribution in [3.05, 3.63) is 65.2 Å². The van der Waals surface area contributed by atoms with E-state index in [1.807, 2.05) is 48.5 Å². The molecule has 0 aliphatic rings. The van der Waals surface area contributed by atoms with Gasteiger partial charge < -0.3 is 14.8 Å². The second-order valence-corrected chi connectivity index (χ2v) is 8.00. The van der Waals surface area contributed by atoms with E-state index in [4.69, 9.17) is 9.47 Å². The molecule has 3 aromatic rings. The predicted molar refractivity (Wildman–Crippen MR) is 117 cm³/mol. The number of benzene rings is 2. The molecule has 0 aliphatic carbocycles. The molecule has 0 radical (unpaired) electrons. The number of rotatable bonds is 9. The molecule has 1 amide bonds. The van der Waals surface area contributed by atoms with Crippen LogP contribution in [0.3, 0.4) is 0 Å². The number of aromatic nitrogens is 1. The largest absolute Gasteiger partial charge is 0.497 e. The van der Waals surface area contributed by atoms with Crippen LogP contribution in [0.1, 0.15) is 36.3 Å². The van der Waals surface area contributed by atoms with Crippen LogP contribution >= 0.6 is 11.3 Å². The Morgan fingerprint density at radius 3 is 2.66 bits per heavy atom. The fourth-order valence-electron chi connectivity index (χ4n) is 2.70. The van der Waals surface area contributed by atoms with E-state index < -0.39 is 0 Å². The van der Waals surface area contributed by atoms with E-state index in [0.29, 0.717) is 24.8 Å². The smallest absolute Gasteiger partial charge is 0.270 e. The van der Waals surface area contributed by atoms with Gasteiger partial charge in [0.25, 0.3) is 5.91 Å². The van der Waals surface area contributed by atoms with Crippen LogP contribution in [-0.2, 0) is 6.61 Å². The molecule has 152 valence electrons. The van der Waals surface area contributed by atoms with Gasteiger partial charge in [-0.25, -0.2) is 4.98 Å². The molecule has 6 heteroatoms. The molecule has 0 unspecified atom stereocenters. The Morgan fingerprint density at radius 1 is 1.14 bits per heavy atom. The van der Waals surface area contributed by atoms with Crippen molar-refractivity contribution in [3.63, 3.8) is 0 Å². The van der Waals surface area contributed by atoms with Gasteiger partial charge >= 0.3 is 0 Å². The first-order valence-corrected chi connectivity index (χ1v) is 10.5. The molecule has 29 heavy (non-hydrogen) atoms. The predicted octanol–water partition coefficient (Wildman–Crippen LogP) is 5.17. The monoisotopic (exact) mass is 410 g/mol. The average molecular weight is 411 g/mol. The molecule has 1 aromatic heterocycles. The number of carbonyl (C=O) groups is 1. The number of nitrogens with one attached hydrogen (secondary N) is 1. The minimum absolute atomic E-state index is 0.119. The molecule has 0 atom stereocenters. The Labute approximate surface area is 175 Å². The lowest BCUT2D eigenvalue weighted by Crippen LogP contribution is -2.25. The minimum Gasteiger partial charge on any atom is -0.497 e. The first-order chi connectivity index (χ1) is 14.0. The molecule has 1 N–H and O–H groups in total. The van der Waals surface area contributed by atoms with Crippen LogP contribution in [0.5, 0.6) is 11.5 Å².